The Morgan fingerprint density at radius 2 is 1.78 bits per heavy atom. The summed E-state index contributed by atoms with van der Waals surface area (Å²) < 4.78 is 10.3. The standard InChI is InChI=1S/C15H25NO2/c1-12(2)14-6-4-13(5-7-14)10-15(16)11-18-9-8-17-3/h4-7,12,15H,8-11,16H2,1-3H3. The second-order valence-corrected chi connectivity index (χ2v) is 4.93. The van der Waals surface area contributed by atoms with Crippen LogP contribution in [0.4, 0.5) is 0 Å². The molecular formula is C15H25NO2. The van der Waals surface area contributed by atoms with Crippen molar-refractivity contribution >= 4 is 0 Å². The highest BCUT2D eigenvalue weighted by molar-refractivity contribution is 5.25. The molecule has 1 unspecified atom stereocenters. The lowest BCUT2D eigenvalue weighted by Gasteiger charge is -2.13. The first kappa shape index (κ1) is 15.2. The van der Waals surface area contributed by atoms with E-state index < -0.39 is 0 Å². The maximum absolute atomic E-state index is 6.02. The van der Waals surface area contributed by atoms with Gasteiger partial charge in [0, 0.05) is 13.2 Å². The number of nitrogens with two attached hydrogens (primary N) is 1. The molecule has 102 valence electrons. The summed E-state index contributed by atoms with van der Waals surface area (Å²) in [6, 6.07) is 8.72. The fourth-order valence-electron chi connectivity index (χ4n) is 1.78. The van der Waals surface area contributed by atoms with Gasteiger partial charge in [-0.1, -0.05) is 38.1 Å². The van der Waals surface area contributed by atoms with Crippen LogP contribution in [0.25, 0.3) is 0 Å². The van der Waals surface area contributed by atoms with Crippen molar-refractivity contribution in [2.75, 3.05) is 26.9 Å². The summed E-state index contributed by atoms with van der Waals surface area (Å²) in [7, 11) is 1.67. The monoisotopic (exact) mass is 251 g/mol. The average Bonchev–Trinajstić information content (AvgIpc) is 2.35. The van der Waals surface area contributed by atoms with E-state index in [9.17, 15) is 0 Å². The van der Waals surface area contributed by atoms with Gasteiger partial charge in [-0.2, -0.15) is 0 Å². The zero-order chi connectivity index (χ0) is 13.4. The lowest BCUT2D eigenvalue weighted by molar-refractivity contribution is 0.0637. The number of hydrogen-bond acceptors (Lipinski definition) is 3. The molecule has 0 aliphatic rings. The SMILES string of the molecule is COCCOCC(N)Cc1ccc(C(C)C)cc1. The van der Waals surface area contributed by atoms with Gasteiger partial charge < -0.3 is 15.2 Å². The summed E-state index contributed by atoms with van der Waals surface area (Å²) in [5.41, 5.74) is 8.65. The molecule has 0 saturated heterocycles. The number of ether oxygens (including phenoxy) is 2. The van der Waals surface area contributed by atoms with Crippen molar-refractivity contribution in [3.8, 4) is 0 Å². The third-order valence-electron chi connectivity index (χ3n) is 2.91. The lowest BCUT2D eigenvalue weighted by atomic mass is 9.99. The minimum Gasteiger partial charge on any atom is -0.382 e. The van der Waals surface area contributed by atoms with Crippen LogP contribution in [0, 0.1) is 0 Å². The number of rotatable bonds is 8. The molecule has 3 nitrogen and oxygen atoms in total. The molecule has 18 heavy (non-hydrogen) atoms. The fourth-order valence-corrected chi connectivity index (χ4v) is 1.78. The Hall–Kier alpha value is -0.900. The van der Waals surface area contributed by atoms with Crippen molar-refractivity contribution in [3.05, 3.63) is 35.4 Å². The fraction of sp³-hybridized carbons (Fsp3) is 0.600. The summed E-state index contributed by atoms with van der Waals surface area (Å²) >= 11 is 0. The van der Waals surface area contributed by atoms with Gasteiger partial charge in [0.05, 0.1) is 19.8 Å². The molecule has 1 atom stereocenters. The molecule has 0 amide bonds. The molecule has 0 aliphatic heterocycles. The van der Waals surface area contributed by atoms with Crippen LogP contribution >= 0.6 is 0 Å². The zero-order valence-corrected chi connectivity index (χ0v) is 11.7. The van der Waals surface area contributed by atoms with E-state index in [1.165, 1.54) is 11.1 Å². The number of methoxy groups -OCH3 is 1. The zero-order valence-electron chi connectivity index (χ0n) is 11.7. The first-order valence-electron chi connectivity index (χ1n) is 6.54. The quantitative estimate of drug-likeness (QED) is 0.721. The largest absolute Gasteiger partial charge is 0.382 e. The van der Waals surface area contributed by atoms with Gasteiger partial charge >= 0.3 is 0 Å². The second-order valence-electron chi connectivity index (χ2n) is 4.93. The van der Waals surface area contributed by atoms with Crippen molar-refractivity contribution in [1.29, 1.82) is 0 Å². The highest BCUT2D eigenvalue weighted by atomic mass is 16.5. The van der Waals surface area contributed by atoms with Gasteiger partial charge in [-0.05, 0) is 23.5 Å². The van der Waals surface area contributed by atoms with E-state index in [1.54, 1.807) is 7.11 Å². The Kier molecular flexibility index (Phi) is 6.94. The molecule has 1 rings (SSSR count). The molecule has 1 aromatic carbocycles. The van der Waals surface area contributed by atoms with Crippen molar-refractivity contribution in [3.63, 3.8) is 0 Å². The van der Waals surface area contributed by atoms with Crippen LogP contribution in [0.5, 0.6) is 0 Å². The summed E-state index contributed by atoms with van der Waals surface area (Å²) in [5, 5.41) is 0. The van der Waals surface area contributed by atoms with Gasteiger partial charge in [-0.15, -0.1) is 0 Å². The van der Waals surface area contributed by atoms with Crippen molar-refractivity contribution in [2.24, 2.45) is 5.73 Å². The second kappa shape index (κ2) is 8.25. The normalized spacial score (nSPS) is 12.9. The summed E-state index contributed by atoms with van der Waals surface area (Å²) in [6.07, 6.45) is 0.853. The van der Waals surface area contributed by atoms with Crippen molar-refractivity contribution in [1.82, 2.24) is 0 Å². The summed E-state index contributed by atoms with van der Waals surface area (Å²) in [6.45, 7) is 6.20. The van der Waals surface area contributed by atoms with Crippen LogP contribution in [-0.4, -0.2) is 33.0 Å². The van der Waals surface area contributed by atoms with Crippen LogP contribution in [0.1, 0.15) is 30.9 Å². The molecule has 0 spiro atoms. The molecule has 0 aliphatic carbocycles. The van der Waals surface area contributed by atoms with Crippen LogP contribution in [0.15, 0.2) is 24.3 Å². The molecule has 0 bridgehead atoms. The third kappa shape index (κ3) is 5.63. The van der Waals surface area contributed by atoms with Crippen molar-refractivity contribution in [2.45, 2.75) is 32.2 Å². The van der Waals surface area contributed by atoms with E-state index in [0.717, 1.165) is 6.42 Å². The minimum atomic E-state index is 0.0479. The highest BCUT2D eigenvalue weighted by Crippen LogP contribution is 2.15. The van der Waals surface area contributed by atoms with Gasteiger partial charge in [0.2, 0.25) is 0 Å². The van der Waals surface area contributed by atoms with Gasteiger partial charge in [0.1, 0.15) is 0 Å². The van der Waals surface area contributed by atoms with E-state index in [1.807, 2.05) is 0 Å². The van der Waals surface area contributed by atoms with E-state index >= 15 is 0 Å². The van der Waals surface area contributed by atoms with E-state index in [-0.39, 0.29) is 6.04 Å². The van der Waals surface area contributed by atoms with Crippen LogP contribution in [-0.2, 0) is 15.9 Å². The van der Waals surface area contributed by atoms with Crippen LogP contribution in [0.2, 0.25) is 0 Å². The predicted molar refractivity (Wildman–Crippen MR) is 74.9 cm³/mol. The van der Waals surface area contributed by atoms with Gasteiger partial charge in [0.15, 0.2) is 0 Å². The van der Waals surface area contributed by atoms with Crippen LogP contribution < -0.4 is 5.73 Å². The van der Waals surface area contributed by atoms with Gasteiger partial charge in [0.25, 0.3) is 0 Å². The van der Waals surface area contributed by atoms with Gasteiger partial charge in [-0.25, -0.2) is 0 Å². The maximum Gasteiger partial charge on any atom is 0.0701 e. The molecule has 3 heteroatoms. The first-order valence-corrected chi connectivity index (χ1v) is 6.54. The molecule has 0 aromatic heterocycles. The van der Waals surface area contributed by atoms with E-state index in [4.69, 9.17) is 15.2 Å². The predicted octanol–water partition coefficient (Wildman–Crippen LogP) is 2.34. The number of hydrogen-bond donors (Lipinski definition) is 1. The maximum atomic E-state index is 6.02. The Bertz CT molecular complexity index is 322. The molecular weight excluding hydrogens is 226 g/mol. The topological polar surface area (TPSA) is 44.5 Å². The molecule has 0 heterocycles. The number of benzene rings is 1. The Balaban J connectivity index is 2.32. The Labute approximate surface area is 110 Å². The minimum absolute atomic E-state index is 0.0479. The smallest absolute Gasteiger partial charge is 0.0701 e. The van der Waals surface area contributed by atoms with Crippen LogP contribution in [0.3, 0.4) is 0 Å². The molecule has 0 fully saturated rings. The lowest BCUT2D eigenvalue weighted by Crippen LogP contribution is -2.29. The molecule has 1 aromatic rings. The molecule has 0 radical (unpaired) electrons. The Morgan fingerprint density at radius 3 is 2.33 bits per heavy atom. The molecule has 2 N–H and O–H groups in total. The summed E-state index contributed by atoms with van der Waals surface area (Å²) in [5.74, 6) is 0.574. The van der Waals surface area contributed by atoms with Gasteiger partial charge in [-0.3, -0.25) is 0 Å². The third-order valence-corrected chi connectivity index (χ3v) is 2.91. The average molecular weight is 251 g/mol. The van der Waals surface area contributed by atoms with E-state index in [2.05, 4.69) is 38.1 Å². The summed E-state index contributed by atoms with van der Waals surface area (Å²) in [4.78, 5) is 0. The highest BCUT2D eigenvalue weighted by Gasteiger charge is 2.05. The van der Waals surface area contributed by atoms with Crippen molar-refractivity contribution < 1.29 is 9.47 Å². The van der Waals surface area contributed by atoms with E-state index in [0.29, 0.717) is 25.7 Å². The molecule has 0 saturated carbocycles. The first-order chi connectivity index (χ1) is 8.63. The Morgan fingerprint density at radius 1 is 1.11 bits per heavy atom.